The van der Waals surface area contributed by atoms with E-state index in [2.05, 4.69) is 10.6 Å². The summed E-state index contributed by atoms with van der Waals surface area (Å²) in [6.45, 7) is 0. The number of hydrogen-bond acceptors (Lipinski definition) is 2. The predicted octanol–water partition coefficient (Wildman–Crippen LogP) is 5.38. The zero-order valence-electron chi connectivity index (χ0n) is 14.2. The SMILES string of the molecule is O=C(Nc1ccc(Cl)cc1)C1CCC(C(=O)Nc2ccc(Cl)cc2)CC1. The minimum absolute atomic E-state index is 0.00359. The normalized spacial score (nSPS) is 19.6. The molecule has 0 saturated heterocycles. The Morgan fingerprint density at radius 2 is 0.962 bits per heavy atom. The Morgan fingerprint density at radius 3 is 1.27 bits per heavy atom. The van der Waals surface area contributed by atoms with Crippen molar-refractivity contribution in [2.24, 2.45) is 11.8 Å². The summed E-state index contributed by atoms with van der Waals surface area (Å²) < 4.78 is 0. The van der Waals surface area contributed by atoms with Gasteiger partial charge in [-0.3, -0.25) is 9.59 Å². The van der Waals surface area contributed by atoms with Gasteiger partial charge in [-0.2, -0.15) is 0 Å². The lowest BCUT2D eigenvalue weighted by atomic mass is 9.81. The molecule has 1 aliphatic rings. The van der Waals surface area contributed by atoms with Crippen molar-refractivity contribution in [1.29, 1.82) is 0 Å². The van der Waals surface area contributed by atoms with Crippen molar-refractivity contribution in [2.75, 3.05) is 10.6 Å². The molecule has 1 saturated carbocycles. The summed E-state index contributed by atoms with van der Waals surface area (Å²) in [7, 11) is 0. The minimum atomic E-state index is -0.0646. The highest BCUT2D eigenvalue weighted by Crippen LogP contribution is 2.31. The Labute approximate surface area is 162 Å². The number of rotatable bonds is 4. The fourth-order valence-electron chi connectivity index (χ4n) is 3.17. The van der Waals surface area contributed by atoms with Crippen molar-refractivity contribution >= 4 is 46.4 Å². The van der Waals surface area contributed by atoms with Crippen molar-refractivity contribution < 1.29 is 9.59 Å². The van der Waals surface area contributed by atoms with E-state index in [-0.39, 0.29) is 23.7 Å². The minimum Gasteiger partial charge on any atom is -0.326 e. The third-order valence-corrected chi connectivity index (χ3v) is 5.20. The highest BCUT2D eigenvalue weighted by atomic mass is 35.5. The number of halogens is 2. The van der Waals surface area contributed by atoms with Crippen LogP contribution < -0.4 is 10.6 Å². The summed E-state index contributed by atoms with van der Waals surface area (Å²) in [5.74, 6) is -0.122. The summed E-state index contributed by atoms with van der Waals surface area (Å²) >= 11 is 11.7. The van der Waals surface area contributed by atoms with E-state index in [1.807, 2.05) is 0 Å². The Morgan fingerprint density at radius 1 is 0.654 bits per heavy atom. The molecule has 2 amide bonds. The molecule has 0 unspecified atom stereocenters. The Kier molecular flexibility index (Phi) is 6.17. The van der Waals surface area contributed by atoms with E-state index in [0.29, 0.717) is 35.7 Å². The maximum atomic E-state index is 12.4. The van der Waals surface area contributed by atoms with Crippen molar-refractivity contribution in [3.05, 3.63) is 58.6 Å². The van der Waals surface area contributed by atoms with Gasteiger partial charge in [0.15, 0.2) is 0 Å². The first kappa shape index (κ1) is 18.7. The summed E-state index contributed by atoms with van der Waals surface area (Å²) in [5.41, 5.74) is 1.48. The van der Waals surface area contributed by atoms with Crippen LogP contribution in [0.15, 0.2) is 48.5 Å². The van der Waals surface area contributed by atoms with Gasteiger partial charge in [-0.1, -0.05) is 23.2 Å². The van der Waals surface area contributed by atoms with Gasteiger partial charge in [0.1, 0.15) is 0 Å². The molecule has 0 aromatic heterocycles. The Bertz CT molecular complexity index is 700. The first-order valence-corrected chi connectivity index (χ1v) is 9.40. The molecular formula is C20H20Cl2N2O2. The van der Waals surface area contributed by atoms with E-state index in [4.69, 9.17) is 23.2 Å². The number of hydrogen-bond donors (Lipinski definition) is 2. The van der Waals surface area contributed by atoms with Crippen molar-refractivity contribution in [3.63, 3.8) is 0 Å². The molecule has 0 heterocycles. The molecule has 2 aromatic rings. The Balaban J connectivity index is 1.48. The Hall–Kier alpha value is -2.04. The first-order valence-electron chi connectivity index (χ1n) is 8.64. The summed E-state index contributed by atoms with van der Waals surface area (Å²) in [6.07, 6.45) is 2.83. The third kappa shape index (κ3) is 4.99. The molecular weight excluding hydrogens is 371 g/mol. The van der Waals surface area contributed by atoms with Crippen LogP contribution in [0.2, 0.25) is 10.0 Å². The average molecular weight is 391 g/mol. The highest BCUT2D eigenvalue weighted by molar-refractivity contribution is 6.31. The number of anilines is 2. The molecule has 2 N–H and O–H groups in total. The fourth-order valence-corrected chi connectivity index (χ4v) is 3.42. The zero-order valence-corrected chi connectivity index (χ0v) is 15.7. The van der Waals surface area contributed by atoms with Gasteiger partial charge in [-0.25, -0.2) is 0 Å². The monoisotopic (exact) mass is 390 g/mol. The first-order chi connectivity index (χ1) is 12.5. The van der Waals surface area contributed by atoms with Crippen LogP contribution in [0, 0.1) is 11.8 Å². The number of carbonyl (C=O) groups excluding carboxylic acids is 2. The fraction of sp³-hybridized carbons (Fsp3) is 0.300. The van der Waals surface area contributed by atoms with Gasteiger partial charge in [-0.05, 0) is 74.2 Å². The number of amides is 2. The van der Waals surface area contributed by atoms with Crippen LogP contribution in [0.5, 0.6) is 0 Å². The van der Waals surface area contributed by atoms with Crippen molar-refractivity contribution in [1.82, 2.24) is 0 Å². The van der Waals surface area contributed by atoms with Crippen LogP contribution in [-0.2, 0) is 9.59 Å². The van der Waals surface area contributed by atoms with Crippen LogP contribution >= 0.6 is 23.2 Å². The molecule has 2 aromatic carbocycles. The van der Waals surface area contributed by atoms with E-state index in [1.165, 1.54) is 0 Å². The molecule has 26 heavy (non-hydrogen) atoms. The average Bonchev–Trinajstić information content (AvgIpc) is 2.65. The number of nitrogens with one attached hydrogen (secondary N) is 2. The molecule has 1 aliphatic carbocycles. The largest absolute Gasteiger partial charge is 0.326 e. The van der Waals surface area contributed by atoms with Crippen molar-refractivity contribution in [3.8, 4) is 0 Å². The van der Waals surface area contributed by atoms with Crippen molar-refractivity contribution in [2.45, 2.75) is 25.7 Å². The smallest absolute Gasteiger partial charge is 0.227 e. The van der Waals surface area contributed by atoms with E-state index >= 15 is 0 Å². The van der Waals surface area contributed by atoms with E-state index < -0.39 is 0 Å². The van der Waals surface area contributed by atoms with Gasteiger partial charge >= 0.3 is 0 Å². The van der Waals surface area contributed by atoms with Gasteiger partial charge in [0.25, 0.3) is 0 Å². The second-order valence-corrected chi connectivity index (χ2v) is 7.41. The van der Waals surface area contributed by atoms with E-state index in [0.717, 1.165) is 11.4 Å². The van der Waals surface area contributed by atoms with Crippen LogP contribution in [0.3, 0.4) is 0 Å². The number of carbonyl (C=O) groups is 2. The maximum Gasteiger partial charge on any atom is 0.227 e. The van der Waals surface area contributed by atoms with E-state index in [1.54, 1.807) is 48.5 Å². The number of benzene rings is 2. The van der Waals surface area contributed by atoms with Gasteiger partial charge in [-0.15, -0.1) is 0 Å². The van der Waals surface area contributed by atoms with Gasteiger partial charge in [0.2, 0.25) is 11.8 Å². The van der Waals surface area contributed by atoms with Crippen LogP contribution in [-0.4, -0.2) is 11.8 Å². The molecule has 1 fully saturated rings. The third-order valence-electron chi connectivity index (χ3n) is 4.69. The lowest BCUT2D eigenvalue weighted by Gasteiger charge is -2.27. The molecule has 0 bridgehead atoms. The second kappa shape index (κ2) is 8.56. The maximum absolute atomic E-state index is 12.4. The summed E-state index contributed by atoms with van der Waals surface area (Å²) in [4.78, 5) is 24.8. The van der Waals surface area contributed by atoms with Crippen LogP contribution in [0.1, 0.15) is 25.7 Å². The topological polar surface area (TPSA) is 58.2 Å². The predicted molar refractivity (Wildman–Crippen MR) is 106 cm³/mol. The molecule has 0 radical (unpaired) electrons. The van der Waals surface area contributed by atoms with Gasteiger partial charge in [0, 0.05) is 33.3 Å². The molecule has 0 aliphatic heterocycles. The molecule has 0 atom stereocenters. The van der Waals surface area contributed by atoms with Crippen LogP contribution in [0.25, 0.3) is 0 Å². The lowest BCUT2D eigenvalue weighted by Crippen LogP contribution is -2.31. The summed E-state index contributed by atoms with van der Waals surface area (Å²) in [5, 5.41) is 7.10. The van der Waals surface area contributed by atoms with Gasteiger partial charge in [0.05, 0.1) is 0 Å². The van der Waals surface area contributed by atoms with E-state index in [9.17, 15) is 9.59 Å². The standard InChI is InChI=1S/C20H20Cl2N2O2/c21-15-5-9-17(10-6-15)23-19(25)13-1-2-14(4-3-13)20(26)24-18-11-7-16(22)8-12-18/h5-14H,1-4H2,(H,23,25)(H,24,26). The quantitative estimate of drug-likeness (QED) is 0.736. The molecule has 6 heteroatoms. The second-order valence-electron chi connectivity index (χ2n) is 6.54. The molecule has 136 valence electrons. The van der Waals surface area contributed by atoms with Gasteiger partial charge < -0.3 is 10.6 Å². The lowest BCUT2D eigenvalue weighted by molar-refractivity contribution is -0.125. The highest BCUT2D eigenvalue weighted by Gasteiger charge is 2.30. The van der Waals surface area contributed by atoms with Crippen LogP contribution in [0.4, 0.5) is 11.4 Å². The zero-order chi connectivity index (χ0) is 18.5. The molecule has 0 spiro atoms. The molecule has 3 rings (SSSR count). The molecule has 4 nitrogen and oxygen atoms in total. The summed E-state index contributed by atoms with van der Waals surface area (Å²) in [6, 6.07) is 14.1.